The standard InChI is InChI=1S/C18H17BrN2O/c1-22-17-11-9-16(10-12-17)21-18(19)15(13-20-21)8-7-14-5-3-2-4-6-14/h2-6,9-13H,7-8H2,1H3. The first-order valence-electron chi connectivity index (χ1n) is 7.18. The van der Waals surface area contributed by atoms with Gasteiger partial charge in [0.15, 0.2) is 0 Å². The lowest BCUT2D eigenvalue weighted by Crippen LogP contribution is -1.97. The fourth-order valence-electron chi connectivity index (χ4n) is 2.36. The molecule has 22 heavy (non-hydrogen) atoms. The summed E-state index contributed by atoms with van der Waals surface area (Å²) in [6.45, 7) is 0. The second kappa shape index (κ2) is 6.79. The van der Waals surface area contributed by atoms with Crippen LogP contribution >= 0.6 is 15.9 Å². The van der Waals surface area contributed by atoms with Gasteiger partial charge in [0.1, 0.15) is 10.4 Å². The number of halogens is 1. The van der Waals surface area contributed by atoms with Gasteiger partial charge in [-0.15, -0.1) is 0 Å². The lowest BCUT2D eigenvalue weighted by Gasteiger charge is -2.06. The van der Waals surface area contributed by atoms with Crippen LogP contribution in [-0.2, 0) is 12.8 Å². The van der Waals surface area contributed by atoms with E-state index in [1.165, 1.54) is 11.1 Å². The van der Waals surface area contributed by atoms with Crippen molar-refractivity contribution in [2.75, 3.05) is 7.11 Å². The Kier molecular flexibility index (Phi) is 4.59. The van der Waals surface area contributed by atoms with Crippen molar-refractivity contribution in [2.24, 2.45) is 0 Å². The lowest BCUT2D eigenvalue weighted by molar-refractivity contribution is 0.414. The van der Waals surface area contributed by atoms with Gasteiger partial charge in [-0.1, -0.05) is 30.3 Å². The Balaban J connectivity index is 1.76. The predicted octanol–water partition coefficient (Wildman–Crippen LogP) is 4.43. The average Bonchev–Trinajstić information content (AvgIpc) is 2.95. The van der Waals surface area contributed by atoms with Gasteiger partial charge >= 0.3 is 0 Å². The van der Waals surface area contributed by atoms with Crippen LogP contribution in [0.5, 0.6) is 5.75 Å². The Morgan fingerprint density at radius 2 is 1.73 bits per heavy atom. The van der Waals surface area contributed by atoms with E-state index in [0.29, 0.717) is 0 Å². The summed E-state index contributed by atoms with van der Waals surface area (Å²) < 4.78 is 8.10. The summed E-state index contributed by atoms with van der Waals surface area (Å²) in [6, 6.07) is 18.4. The molecule has 3 rings (SSSR count). The molecule has 0 radical (unpaired) electrons. The Bertz CT molecular complexity index is 736. The lowest BCUT2D eigenvalue weighted by atomic mass is 10.1. The van der Waals surface area contributed by atoms with Gasteiger partial charge in [0.2, 0.25) is 0 Å². The highest BCUT2D eigenvalue weighted by atomic mass is 79.9. The van der Waals surface area contributed by atoms with Crippen LogP contribution in [0.15, 0.2) is 65.4 Å². The maximum absolute atomic E-state index is 5.19. The minimum atomic E-state index is 0.844. The van der Waals surface area contributed by atoms with Gasteiger partial charge in [-0.05, 0) is 58.6 Å². The number of ether oxygens (including phenoxy) is 1. The monoisotopic (exact) mass is 356 g/mol. The average molecular weight is 357 g/mol. The van der Waals surface area contributed by atoms with Crippen LogP contribution in [0.1, 0.15) is 11.1 Å². The molecule has 1 aromatic heterocycles. The Hall–Kier alpha value is -2.07. The molecule has 0 saturated carbocycles. The number of methoxy groups -OCH3 is 1. The SMILES string of the molecule is COc1ccc(-n2ncc(CCc3ccccc3)c2Br)cc1. The topological polar surface area (TPSA) is 27.1 Å². The van der Waals surface area contributed by atoms with Gasteiger partial charge in [-0.2, -0.15) is 5.10 Å². The Morgan fingerprint density at radius 3 is 2.41 bits per heavy atom. The molecular weight excluding hydrogens is 340 g/mol. The molecule has 0 atom stereocenters. The summed E-state index contributed by atoms with van der Waals surface area (Å²) in [5, 5.41) is 4.48. The molecule has 2 aromatic carbocycles. The molecule has 0 unspecified atom stereocenters. The minimum Gasteiger partial charge on any atom is -0.497 e. The molecule has 0 amide bonds. The van der Waals surface area contributed by atoms with E-state index < -0.39 is 0 Å². The second-order valence-electron chi connectivity index (χ2n) is 5.06. The van der Waals surface area contributed by atoms with E-state index in [1.807, 2.05) is 41.2 Å². The van der Waals surface area contributed by atoms with Crippen molar-refractivity contribution in [3.05, 3.63) is 76.5 Å². The summed E-state index contributed by atoms with van der Waals surface area (Å²) in [7, 11) is 1.67. The summed E-state index contributed by atoms with van der Waals surface area (Å²) in [4.78, 5) is 0. The van der Waals surface area contributed by atoms with Crippen molar-refractivity contribution in [1.29, 1.82) is 0 Å². The number of hydrogen-bond donors (Lipinski definition) is 0. The molecule has 0 saturated heterocycles. The first kappa shape index (κ1) is 14.9. The first-order valence-corrected chi connectivity index (χ1v) is 7.98. The summed E-state index contributed by atoms with van der Waals surface area (Å²) in [6.07, 6.45) is 3.89. The van der Waals surface area contributed by atoms with Crippen molar-refractivity contribution in [1.82, 2.24) is 9.78 Å². The van der Waals surface area contributed by atoms with E-state index in [2.05, 4.69) is 45.3 Å². The zero-order valence-electron chi connectivity index (χ0n) is 12.4. The second-order valence-corrected chi connectivity index (χ2v) is 5.81. The molecule has 0 aliphatic heterocycles. The van der Waals surface area contributed by atoms with E-state index in [0.717, 1.165) is 28.9 Å². The number of nitrogens with zero attached hydrogens (tertiary/aromatic N) is 2. The summed E-state index contributed by atoms with van der Waals surface area (Å²) in [5.74, 6) is 0.844. The molecule has 3 nitrogen and oxygen atoms in total. The van der Waals surface area contributed by atoms with Crippen LogP contribution in [0, 0.1) is 0 Å². The Morgan fingerprint density at radius 1 is 1.00 bits per heavy atom. The molecule has 4 heteroatoms. The van der Waals surface area contributed by atoms with Crippen LogP contribution in [0.4, 0.5) is 0 Å². The highest BCUT2D eigenvalue weighted by Gasteiger charge is 2.10. The molecule has 0 spiro atoms. The van der Waals surface area contributed by atoms with Gasteiger partial charge in [-0.3, -0.25) is 0 Å². The normalized spacial score (nSPS) is 10.6. The molecule has 0 aliphatic rings. The summed E-state index contributed by atoms with van der Waals surface area (Å²) >= 11 is 3.67. The third kappa shape index (κ3) is 3.22. The van der Waals surface area contributed by atoms with Crippen molar-refractivity contribution < 1.29 is 4.74 Å². The minimum absolute atomic E-state index is 0.844. The predicted molar refractivity (Wildman–Crippen MR) is 91.7 cm³/mol. The largest absolute Gasteiger partial charge is 0.497 e. The zero-order chi connectivity index (χ0) is 15.4. The number of benzene rings is 2. The molecule has 0 aliphatic carbocycles. The molecule has 3 aromatic rings. The number of rotatable bonds is 5. The fraction of sp³-hybridized carbons (Fsp3) is 0.167. The van der Waals surface area contributed by atoms with E-state index in [-0.39, 0.29) is 0 Å². The van der Waals surface area contributed by atoms with Crippen molar-refractivity contribution in [3.8, 4) is 11.4 Å². The van der Waals surface area contributed by atoms with E-state index in [1.54, 1.807) is 7.11 Å². The quantitative estimate of drug-likeness (QED) is 0.676. The van der Waals surface area contributed by atoms with Crippen molar-refractivity contribution in [3.63, 3.8) is 0 Å². The van der Waals surface area contributed by atoms with Crippen molar-refractivity contribution >= 4 is 15.9 Å². The molecule has 0 bridgehead atoms. The number of hydrogen-bond acceptors (Lipinski definition) is 2. The van der Waals surface area contributed by atoms with E-state index >= 15 is 0 Å². The van der Waals surface area contributed by atoms with Crippen LogP contribution in [-0.4, -0.2) is 16.9 Å². The van der Waals surface area contributed by atoms with Crippen molar-refractivity contribution in [2.45, 2.75) is 12.8 Å². The number of aryl methyl sites for hydroxylation is 2. The van der Waals surface area contributed by atoms with Gasteiger partial charge in [0.25, 0.3) is 0 Å². The maximum Gasteiger partial charge on any atom is 0.119 e. The van der Waals surface area contributed by atoms with Crippen LogP contribution in [0.3, 0.4) is 0 Å². The fourth-order valence-corrected chi connectivity index (χ4v) is 2.96. The van der Waals surface area contributed by atoms with Gasteiger partial charge in [0.05, 0.1) is 19.0 Å². The van der Waals surface area contributed by atoms with Crippen LogP contribution in [0.25, 0.3) is 5.69 Å². The smallest absolute Gasteiger partial charge is 0.119 e. The van der Waals surface area contributed by atoms with Gasteiger partial charge in [0, 0.05) is 5.56 Å². The molecule has 112 valence electrons. The first-order chi connectivity index (χ1) is 10.8. The van der Waals surface area contributed by atoms with Crippen LogP contribution < -0.4 is 4.74 Å². The molecule has 1 heterocycles. The summed E-state index contributed by atoms with van der Waals surface area (Å²) in [5.41, 5.74) is 3.56. The molecule has 0 fully saturated rings. The van der Waals surface area contributed by atoms with Crippen LogP contribution in [0.2, 0.25) is 0 Å². The Labute approximate surface area is 138 Å². The zero-order valence-corrected chi connectivity index (χ0v) is 14.0. The molecular formula is C18H17BrN2O. The van der Waals surface area contributed by atoms with E-state index in [9.17, 15) is 0 Å². The molecule has 0 N–H and O–H groups in total. The van der Waals surface area contributed by atoms with Gasteiger partial charge in [-0.25, -0.2) is 4.68 Å². The highest BCUT2D eigenvalue weighted by molar-refractivity contribution is 9.10. The maximum atomic E-state index is 5.19. The third-order valence-corrected chi connectivity index (χ3v) is 4.47. The highest BCUT2D eigenvalue weighted by Crippen LogP contribution is 2.23. The third-order valence-electron chi connectivity index (χ3n) is 3.62. The van der Waals surface area contributed by atoms with Gasteiger partial charge < -0.3 is 4.74 Å². The van der Waals surface area contributed by atoms with E-state index in [4.69, 9.17) is 4.74 Å². The number of aromatic nitrogens is 2.